The molecule has 3 N–H and O–H groups in total. The fraction of sp³-hybridized carbons (Fsp3) is 0.421. The number of hydrogen-bond donors (Lipinski definition) is 3. The van der Waals surface area contributed by atoms with Crippen molar-refractivity contribution in [2.24, 2.45) is 0 Å². The predicted molar refractivity (Wildman–Crippen MR) is 108 cm³/mol. The topological polar surface area (TPSA) is 81.8 Å². The van der Waals surface area contributed by atoms with Crippen molar-refractivity contribution < 1.29 is 0 Å². The molecule has 1 saturated heterocycles. The smallest absolute Gasteiger partial charge is 0.227 e. The van der Waals surface area contributed by atoms with Crippen molar-refractivity contribution in [2.75, 3.05) is 36.4 Å². The molecule has 0 amide bonds. The molecule has 27 heavy (non-hydrogen) atoms. The van der Waals surface area contributed by atoms with Gasteiger partial charge in [-0.25, -0.2) is 4.98 Å². The van der Waals surface area contributed by atoms with E-state index in [4.69, 9.17) is 21.6 Å². The number of aromatic nitrogens is 4. The minimum atomic E-state index is 0.629. The fourth-order valence-corrected chi connectivity index (χ4v) is 3.67. The lowest BCUT2D eigenvalue weighted by Gasteiger charge is -2.21. The maximum atomic E-state index is 6.23. The standard InChI is InChI=1S/C19H22ClN7/c20-13-4-5-15-14(10-13)18(23-17-11-16(25-26-17)12-2-3-12)24-19(22-15)27-8-1-6-21-7-9-27/h4-5,10-12,21H,1-3,6-9H2,(H2,22,23,24,25,26). The van der Waals surface area contributed by atoms with Crippen LogP contribution in [0.5, 0.6) is 0 Å². The predicted octanol–water partition coefficient (Wildman–Crippen LogP) is 3.43. The van der Waals surface area contributed by atoms with Crippen molar-refractivity contribution in [3.63, 3.8) is 0 Å². The molecule has 0 bridgehead atoms. The number of rotatable bonds is 4. The van der Waals surface area contributed by atoms with Gasteiger partial charge in [0, 0.05) is 47.7 Å². The minimum absolute atomic E-state index is 0.629. The molecule has 8 heteroatoms. The van der Waals surface area contributed by atoms with Crippen LogP contribution >= 0.6 is 11.6 Å². The quantitative estimate of drug-likeness (QED) is 0.640. The molecule has 2 aliphatic rings. The van der Waals surface area contributed by atoms with Crippen molar-refractivity contribution in [1.82, 2.24) is 25.5 Å². The number of hydrogen-bond acceptors (Lipinski definition) is 6. The van der Waals surface area contributed by atoms with E-state index < -0.39 is 0 Å². The number of nitrogens with one attached hydrogen (secondary N) is 3. The number of nitrogens with zero attached hydrogens (tertiary/aromatic N) is 4. The first-order valence-electron chi connectivity index (χ1n) is 9.51. The number of anilines is 3. The Labute approximate surface area is 162 Å². The van der Waals surface area contributed by atoms with Crippen molar-refractivity contribution in [3.05, 3.63) is 35.0 Å². The fourth-order valence-electron chi connectivity index (χ4n) is 3.50. The lowest BCUT2D eigenvalue weighted by atomic mass is 10.2. The van der Waals surface area contributed by atoms with Crippen LogP contribution in [-0.2, 0) is 0 Å². The van der Waals surface area contributed by atoms with E-state index in [-0.39, 0.29) is 0 Å². The summed E-state index contributed by atoms with van der Waals surface area (Å²) in [4.78, 5) is 11.9. The SMILES string of the molecule is Clc1ccc2nc(N3CCCNCC3)nc(Nc3cc(C4CC4)[nH]n3)c2c1. The molecule has 1 aromatic carbocycles. The summed E-state index contributed by atoms with van der Waals surface area (Å²) in [6, 6.07) is 7.80. The van der Waals surface area contributed by atoms with Crippen LogP contribution in [0.3, 0.4) is 0 Å². The Kier molecular flexibility index (Phi) is 4.33. The first kappa shape index (κ1) is 16.8. The molecule has 1 saturated carbocycles. The Bertz CT molecular complexity index is 958. The van der Waals surface area contributed by atoms with Crippen LogP contribution in [0.4, 0.5) is 17.6 Å². The second-order valence-corrected chi connectivity index (χ2v) is 7.67. The Morgan fingerprint density at radius 1 is 1.11 bits per heavy atom. The Balaban J connectivity index is 1.53. The molecule has 0 unspecified atom stereocenters. The molecule has 2 fully saturated rings. The second kappa shape index (κ2) is 6.98. The first-order valence-corrected chi connectivity index (χ1v) is 9.89. The van der Waals surface area contributed by atoms with Crippen LogP contribution in [0.1, 0.15) is 30.9 Å². The van der Waals surface area contributed by atoms with Gasteiger partial charge in [0.2, 0.25) is 5.95 Å². The Morgan fingerprint density at radius 3 is 2.93 bits per heavy atom. The van der Waals surface area contributed by atoms with Crippen molar-refractivity contribution in [3.8, 4) is 0 Å². The maximum absolute atomic E-state index is 6.23. The number of aromatic amines is 1. The highest BCUT2D eigenvalue weighted by Gasteiger charge is 2.25. The Hall–Kier alpha value is -2.38. The molecule has 0 atom stereocenters. The molecule has 5 rings (SSSR count). The van der Waals surface area contributed by atoms with E-state index in [1.54, 1.807) is 0 Å². The Morgan fingerprint density at radius 2 is 2.04 bits per heavy atom. The summed E-state index contributed by atoms with van der Waals surface area (Å²) in [6.07, 6.45) is 3.55. The van der Waals surface area contributed by atoms with Crippen molar-refractivity contribution >= 4 is 40.1 Å². The minimum Gasteiger partial charge on any atom is -0.339 e. The lowest BCUT2D eigenvalue weighted by Crippen LogP contribution is -2.29. The molecule has 1 aliphatic heterocycles. The molecule has 7 nitrogen and oxygen atoms in total. The van der Waals surface area contributed by atoms with E-state index in [9.17, 15) is 0 Å². The van der Waals surface area contributed by atoms with E-state index in [0.29, 0.717) is 10.9 Å². The molecule has 3 aromatic rings. The zero-order valence-electron chi connectivity index (χ0n) is 15.0. The molecule has 1 aliphatic carbocycles. The first-order chi connectivity index (χ1) is 13.3. The highest BCUT2D eigenvalue weighted by atomic mass is 35.5. The van der Waals surface area contributed by atoms with Crippen LogP contribution in [0.25, 0.3) is 10.9 Å². The zero-order valence-corrected chi connectivity index (χ0v) is 15.8. The maximum Gasteiger partial charge on any atom is 0.227 e. The van der Waals surface area contributed by atoms with Crippen LogP contribution in [-0.4, -0.2) is 46.3 Å². The average molecular weight is 384 g/mol. The van der Waals surface area contributed by atoms with Crippen LogP contribution in [0.2, 0.25) is 5.02 Å². The van der Waals surface area contributed by atoms with Crippen molar-refractivity contribution in [1.29, 1.82) is 0 Å². The van der Waals surface area contributed by atoms with Crippen LogP contribution < -0.4 is 15.5 Å². The van der Waals surface area contributed by atoms with Gasteiger partial charge in [0.05, 0.1) is 5.52 Å². The number of halogens is 1. The van der Waals surface area contributed by atoms with E-state index in [0.717, 1.165) is 61.1 Å². The summed E-state index contributed by atoms with van der Waals surface area (Å²) in [5.74, 6) is 2.89. The summed E-state index contributed by atoms with van der Waals surface area (Å²) >= 11 is 6.23. The summed E-state index contributed by atoms with van der Waals surface area (Å²) in [5, 5.41) is 15.9. The molecule has 0 spiro atoms. The third-order valence-corrected chi connectivity index (χ3v) is 5.37. The van der Waals surface area contributed by atoms with Gasteiger partial charge in [0.25, 0.3) is 0 Å². The van der Waals surface area contributed by atoms with Gasteiger partial charge in [0.15, 0.2) is 5.82 Å². The second-order valence-electron chi connectivity index (χ2n) is 7.23. The van der Waals surface area contributed by atoms with Gasteiger partial charge in [-0.2, -0.15) is 10.1 Å². The van der Waals surface area contributed by atoms with Gasteiger partial charge in [-0.05, 0) is 44.0 Å². The zero-order chi connectivity index (χ0) is 18.2. The van der Waals surface area contributed by atoms with Gasteiger partial charge in [-0.3, -0.25) is 5.10 Å². The monoisotopic (exact) mass is 383 g/mol. The highest BCUT2D eigenvalue weighted by Crippen LogP contribution is 2.40. The average Bonchev–Trinajstić information content (AvgIpc) is 3.47. The summed E-state index contributed by atoms with van der Waals surface area (Å²) in [7, 11) is 0. The number of benzene rings is 1. The molecule has 2 aromatic heterocycles. The third-order valence-electron chi connectivity index (χ3n) is 5.13. The van der Waals surface area contributed by atoms with Crippen LogP contribution in [0.15, 0.2) is 24.3 Å². The largest absolute Gasteiger partial charge is 0.339 e. The third kappa shape index (κ3) is 3.57. The van der Waals surface area contributed by atoms with Crippen molar-refractivity contribution in [2.45, 2.75) is 25.2 Å². The molecule has 0 radical (unpaired) electrons. The van der Waals surface area contributed by atoms with E-state index in [1.807, 2.05) is 18.2 Å². The van der Waals surface area contributed by atoms with Gasteiger partial charge in [-0.15, -0.1) is 0 Å². The number of H-pyrrole nitrogens is 1. The lowest BCUT2D eigenvalue weighted by molar-refractivity contribution is 0.724. The number of fused-ring (bicyclic) bond motifs is 1. The van der Waals surface area contributed by atoms with Gasteiger partial charge >= 0.3 is 0 Å². The van der Waals surface area contributed by atoms with Gasteiger partial charge in [-0.1, -0.05) is 11.6 Å². The summed E-state index contributed by atoms with van der Waals surface area (Å²) in [6.45, 7) is 3.81. The van der Waals surface area contributed by atoms with E-state index in [1.165, 1.54) is 18.5 Å². The van der Waals surface area contributed by atoms with Gasteiger partial charge < -0.3 is 15.5 Å². The van der Waals surface area contributed by atoms with E-state index in [2.05, 4.69) is 31.8 Å². The highest BCUT2D eigenvalue weighted by molar-refractivity contribution is 6.31. The molecule has 3 heterocycles. The summed E-state index contributed by atoms with van der Waals surface area (Å²) in [5.41, 5.74) is 2.06. The molecule has 140 valence electrons. The van der Waals surface area contributed by atoms with Gasteiger partial charge in [0.1, 0.15) is 5.82 Å². The molecular weight excluding hydrogens is 362 g/mol. The normalized spacial score (nSPS) is 17.9. The van der Waals surface area contributed by atoms with E-state index >= 15 is 0 Å². The molecular formula is C19H22ClN7. The van der Waals surface area contributed by atoms with Crippen LogP contribution in [0, 0.1) is 0 Å². The summed E-state index contributed by atoms with van der Waals surface area (Å²) < 4.78 is 0.